The second-order valence-electron chi connectivity index (χ2n) is 5.72. The van der Waals surface area contributed by atoms with E-state index in [4.69, 9.17) is 5.73 Å². The molecule has 0 heterocycles. The first-order valence-electron chi connectivity index (χ1n) is 7.38. The van der Waals surface area contributed by atoms with E-state index in [9.17, 15) is 10.1 Å². The molecule has 2 N–H and O–H groups in total. The van der Waals surface area contributed by atoms with Crippen molar-refractivity contribution in [1.29, 1.82) is 5.26 Å². The summed E-state index contributed by atoms with van der Waals surface area (Å²) in [7, 11) is 0. The fourth-order valence-electron chi connectivity index (χ4n) is 2.61. The van der Waals surface area contributed by atoms with Gasteiger partial charge < -0.3 is 5.73 Å². The summed E-state index contributed by atoms with van der Waals surface area (Å²) >= 11 is 0. The molecule has 0 bridgehead atoms. The molecule has 0 aliphatic heterocycles. The lowest BCUT2D eigenvalue weighted by molar-refractivity contribution is -0.119. The van der Waals surface area contributed by atoms with Gasteiger partial charge in [-0.3, -0.25) is 4.79 Å². The first kappa shape index (κ1) is 15.8. The van der Waals surface area contributed by atoms with Crippen molar-refractivity contribution in [2.75, 3.05) is 0 Å². The van der Waals surface area contributed by atoms with Gasteiger partial charge in [-0.15, -0.1) is 0 Å². The third-order valence-corrected chi connectivity index (χ3v) is 3.90. The van der Waals surface area contributed by atoms with Crippen LogP contribution in [0.25, 0.3) is 0 Å². The maximum Gasteiger partial charge on any atom is 0.226 e. The Morgan fingerprint density at radius 2 is 1.50 bits per heavy atom. The highest BCUT2D eigenvalue weighted by Gasteiger charge is 2.29. The van der Waals surface area contributed by atoms with Gasteiger partial charge in [0.15, 0.2) is 0 Å². The summed E-state index contributed by atoms with van der Waals surface area (Å²) in [5.74, 6) is -1.29. The summed E-state index contributed by atoms with van der Waals surface area (Å²) in [6.07, 6.45) is 0. The zero-order valence-electron chi connectivity index (χ0n) is 12.9. The third-order valence-electron chi connectivity index (χ3n) is 3.90. The standard InChI is InChI=1S/C19H20N2O/c1-13(2)14-8-10-16(11-9-14)18(19(21)22)17(12-20)15-6-4-3-5-7-15/h3-11,13,17-18H,1-2H3,(H2,21,22). The lowest BCUT2D eigenvalue weighted by atomic mass is 9.81. The van der Waals surface area contributed by atoms with Crippen LogP contribution in [0.4, 0.5) is 0 Å². The summed E-state index contributed by atoms with van der Waals surface area (Å²) in [5.41, 5.74) is 8.38. The Morgan fingerprint density at radius 3 is 1.95 bits per heavy atom. The van der Waals surface area contributed by atoms with Gasteiger partial charge in [-0.05, 0) is 22.6 Å². The predicted molar refractivity (Wildman–Crippen MR) is 87.3 cm³/mol. The average molecular weight is 292 g/mol. The van der Waals surface area contributed by atoms with E-state index in [1.54, 1.807) is 0 Å². The van der Waals surface area contributed by atoms with Crippen LogP contribution in [0, 0.1) is 11.3 Å². The zero-order valence-corrected chi connectivity index (χ0v) is 12.9. The lowest BCUT2D eigenvalue weighted by Crippen LogP contribution is -2.26. The highest BCUT2D eigenvalue weighted by molar-refractivity contribution is 5.83. The van der Waals surface area contributed by atoms with Crippen LogP contribution in [0.3, 0.4) is 0 Å². The number of carbonyl (C=O) groups is 1. The number of rotatable bonds is 5. The van der Waals surface area contributed by atoms with E-state index in [1.807, 2.05) is 54.6 Å². The largest absolute Gasteiger partial charge is 0.369 e. The highest BCUT2D eigenvalue weighted by atomic mass is 16.1. The van der Waals surface area contributed by atoms with Crippen LogP contribution >= 0.6 is 0 Å². The molecule has 0 saturated carbocycles. The van der Waals surface area contributed by atoms with Gasteiger partial charge >= 0.3 is 0 Å². The number of carbonyl (C=O) groups excluding carboxylic acids is 1. The molecular weight excluding hydrogens is 272 g/mol. The fourth-order valence-corrected chi connectivity index (χ4v) is 2.61. The number of primary amides is 1. The molecule has 2 unspecified atom stereocenters. The van der Waals surface area contributed by atoms with Crippen molar-refractivity contribution >= 4 is 5.91 Å². The first-order chi connectivity index (χ1) is 10.5. The van der Waals surface area contributed by atoms with Gasteiger partial charge in [-0.25, -0.2) is 0 Å². The Labute approximate surface area is 131 Å². The number of nitriles is 1. The number of nitrogens with zero attached hydrogens (tertiary/aromatic N) is 1. The van der Waals surface area contributed by atoms with Crippen LogP contribution in [0.5, 0.6) is 0 Å². The smallest absolute Gasteiger partial charge is 0.226 e. The molecule has 3 heteroatoms. The van der Waals surface area contributed by atoms with Crippen molar-refractivity contribution in [2.45, 2.75) is 31.6 Å². The Bertz CT molecular complexity index is 669. The van der Waals surface area contributed by atoms with Gasteiger partial charge in [0.25, 0.3) is 0 Å². The van der Waals surface area contributed by atoms with Crippen LogP contribution in [0.2, 0.25) is 0 Å². The maximum atomic E-state index is 12.0. The molecule has 0 saturated heterocycles. The Morgan fingerprint density at radius 1 is 0.955 bits per heavy atom. The van der Waals surface area contributed by atoms with Crippen LogP contribution in [-0.4, -0.2) is 5.91 Å². The molecule has 2 atom stereocenters. The summed E-state index contributed by atoms with van der Waals surface area (Å²) in [4.78, 5) is 12.0. The van der Waals surface area contributed by atoms with Crippen LogP contribution in [0.1, 0.15) is 48.3 Å². The quantitative estimate of drug-likeness (QED) is 0.913. The number of nitrogens with two attached hydrogens (primary N) is 1. The molecule has 0 fully saturated rings. The second-order valence-corrected chi connectivity index (χ2v) is 5.72. The number of hydrogen-bond acceptors (Lipinski definition) is 2. The third kappa shape index (κ3) is 3.35. The van der Waals surface area contributed by atoms with Crippen molar-refractivity contribution in [2.24, 2.45) is 5.73 Å². The average Bonchev–Trinajstić information content (AvgIpc) is 2.53. The van der Waals surface area contributed by atoms with Gasteiger partial charge in [0, 0.05) is 0 Å². The lowest BCUT2D eigenvalue weighted by Gasteiger charge is -2.20. The van der Waals surface area contributed by atoms with E-state index in [1.165, 1.54) is 5.56 Å². The Balaban J connectivity index is 2.41. The van der Waals surface area contributed by atoms with Crippen molar-refractivity contribution < 1.29 is 4.79 Å². The van der Waals surface area contributed by atoms with E-state index in [2.05, 4.69) is 19.9 Å². The molecule has 22 heavy (non-hydrogen) atoms. The molecule has 0 radical (unpaired) electrons. The fraction of sp³-hybridized carbons (Fsp3) is 0.263. The molecule has 0 spiro atoms. The van der Waals surface area contributed by atoms with Crippen LogP contribution in [0.15, 0.2) is 54.6 Å². The Hall–Kier alpha value is -2.60. The predicted octanol–water partition coefficient (Wildman–Crippen LogP) is 3.69. The minimum atomic E-state index is -0.645. The van der Waals surface area contributed by atoms with Crippen molar-refractivity contribution in [3.05, 3.63) is 71.3 Å². The van der Waals surface area contributed by atoms with Crippen LogP contribution < -0.4 is 5.73 Å². The molecule has 3 nitrogen and oxygen atoms in total. The number of benzene rings is 2. The summed E-state index contributed by atoms with van der Waals surface area (Å²) in [6, 6.07) is 19.3. The van der Waals surface area contributed by atoms with Gasteiger partial charge in [0.2, 0.25) is 5.91 Å². The number of amides is 1. The SMILES string of the molecule is CC(C)c1ccc(C(C(N)=O)C(C#N)c2ccccc2)cc1. The number of hydrogen-bond donors (Lipinski definition) is 1. The minimum absolute atomic E-state index is 0.418. The molecule has 0 aromatic heterocycles. The van der Waals surface area contributed by atoms with E-state index in [-0.39, 0.29) is 0 Å². The maximum absolute atomic E-state index is 12.0. The van der Waals surface area contributed by atoms with E-state index in [0.717, 1.165) is 11.1 Å². The normalized spacial score (nSPS) is 13.4. The van der Waals surface area contributed by atoms with Crippen molar-refractivity contribution in [3.63, 3.8) is 0 Å². The topological polar surface area (TPSA) is 66.9 Å². The van der Waals surface area contributed by atoms with E-state index >= 15 is 0 Å². The Kier molecular flexibility index (Phi) is 4.95. The van der Waals surface area contributed by atoms with Gasteiger partial charge in [-0.1, -0.05) is 68.4 Å². The summed E-state index contributed by atoms with van der Waals surface area (Å²) in [6.45, 7) is 4.23. The van der Waals surface area contributed by atoms with Gasteiger partial charge in [0.1, 0.15) is 0 Å². The molecule has 2 rings (SSSR count). The van der Waals surface area contributed by atoms with Gasteiger partial charge in [-0.2, -0.15) is 5.26 Å². The summed E-state index contributed by atoms with van der Waals surface area (Å²) in [5, 5.41) is 9.55. The molecule has 2 aromatic carbocycles. The molecule has 2 aromatic rings. The monoisotopic (exact) mass is 292 g/mol. The molecule has 0 aliphatic rings. The van der Waals surface area contributed by atoms with Crippen molar-refractivity contribution in [3.8, 4) is 6.07 Å². The summed E-state index contributed by atoms with van der Waals surface area (Å²) < 4.78 is 0. The zero-order chi connectivity index (χ0) is 16.1. The second kappa shape index (κ2) is 6.91. The van der Waals surface area contributed by atoms with Crippen molar-refractivity contribution in [1.82, 2.24) is 0 Å². The van der Waals surface area contributed by atoms with Gasteiger partial charge in [0.05, 0.1) is 17.9 Å². The molecule has 0 aliphatic carbocycles. The molecular formula is C19H20N2O. The first-order valence-corrected chi connectivity index (χ1v) is 7.38. The molecule has 1 amide bonds. The van der Waals surface area contributed by atoms with Crippen LogP contribution in [-0.2, 0) is 4.79 Å². The van der Waals surface area contributed by atoms with E-state index < -0.39 is 17.7 Å². The molecule has 112 valence electrons. The van der Waals surface area contributed by atoms with E-state index in [0.29, 0.717) is 5.92 Å². The highest BCUT2D eigenvalue weighted by Crippen LogP contribution is 2.33. The minimum Gasteiger partial charge on any atom is -0.369 e.